The number of hydrogen-bond acceptors (Lipinski definition) is 9. The number of carbonyl (C=O) groups is 3. The number of halogens is 1. The summed E-state index contributed by atoms with van der Waals surface area (Å²) in [5.74, 6) is -0.749. The summed E-state index contributed by atoms with van der Waals surface area (Å²) in [6.07, 6.45) is 1.46. The molecule has 3 rings (SSSR count). The fourth-order valence-electron chi connectivity index (χ4n) is 3.48. The molecule has 1 fully saturated rings. The van der Waals surface area contributed by atoms with Gasteiger partial charge in [-0.1, -0.05) is 29.9 Å². The Morgan fingerprint density at radius 3 is 2.72 bits per heavy atom. The van der Waals surface area contributed by atoms with Gasteiger partial charge in [-0.2, -0.15) is 0 Å². The van der Waals surface area contributed by atoms with Gasteiger partial charge >= 0.3 is 5.97 Å². The van der Waals surface area contributed by atoms with Gasteiger partial charge in [0.2, 0.25) is 0 Å². The Hall–Kier alpha value is -2.50. The molecule has 12 heteroatoms. The molecule has 0 bridgehead atoms. The summed E-state index contributed by atoms with van der Waals surface area (Å²) in [5, 5.41) is 3.81. The van der Waals surface area contributed by atoms with Crippen LogP contribution in [0.15, 0.2) is 0 Å². The summed E-state index contributed by atoms with van der Waals surface area (Å²) >= 11 is 7.16. The van der Waals surface area contributed by atoms with Gasteiger partial charge in [-0.15, -0.1) is 0 Å². The molecular weight excluding hydrogens is 458 g/mol. The monoisotopic (exact) mass is 483 g/mol. The third kappa shape index (κ3) is 5.28. The number of nitrogens with one attached hydrogen (secondary N) is 2. The van der Waals surface area contributed by atoms with Crippen LogP contribution in [0, 0.1) is 0 Å². The third-order valence-electron chi connectivity index (χ3n) is 5.04. The minimum absolute atomic E-state index is 0.0632. The number of esters is 1. The second kappa shape index (κ2) is 10.9. The van der Waals surface area contributed by atoms with Gasteiger partial charge in [0.15, 0.2) is 22.4 Å². The van der Waals surface area contributed by atoms with Crippen molar-refractivity contribution in [1.29, 1.82) is 0 Å². The molecule has 0 saturated carbocycles. The first kappa shape index (κ1) is 24.1. The van der Waals surface area contributed by atoms with Gasteiger partial charge in [-0.05, 0) is 26.7 Å². The lowest BCUT2D eigenvalue weighted by molar-refractivity contribution is 0.0271. The van der Waals surface area contributed by atoms with Crippen molar-refractivity contribution in [2.24, 2.45) is 0 Å². The van der Waals surface area contributed by atoms with Crippen molar-refractivity contribution in [3.05, 3.63) is 27.2 Å². The number of imidazole rings is 1. The third-order valence-corrected chi connectivity index (χ3v) is 6.46. The van der Waals surface area contributed by atoms with E-state index in [1.54, 1.807) is 6.92 Å². The number of ether oxygens (including phenoxy) is 2. The SMILES string of the molecule is CCOC(=O)c1sc(N2CCC(NC(=O)c3nc(Cl)c(CC)[nH]3)C(OCC)C2)nc1C=O. The maximum atomic E-state index is 12.7. The number of anilines is 1. The van der Waals surface area contributed by atoms with Crippen molar-refractivity contribution >= 4 is 46.2 Å². The number of piperidine rings is 1. The topological polar surface area (TPSA) is 127 Å². The molecule has 2 aromatic rings. The lowest BCUT2D eigenvalue weighted by atomic mass is 10.0. The van der Waals surface area contributed by atoms with E-state index >= 15 is 0 Å². The van der Waals surface area contributed by atoms with Crippen LogP contribution in [0.4, 0.5) is 5.13 Å². The maximum Gasteiger partial charge on any atom is 0.350 e. The first-order valence-electron chi connectivity index (χ1n) is 10.5. The largest absolute Gasteiger partial charge is 0.462 e. The van der Waals surface area contributed by atoms with Gasteiger partial charge in [0.25, 0.3) is 5.91 Å². The van der Waals surface area contributed by atoms with Gasteiger partial charge in [-0.3, -0.25) is 9.59 Å². The molecule has 0 aliphatic carbocycles. The molecule has 0 spiro atoms. The molecule has 0 aromatic carbocycles. The number of hydrogen-bond donors (Lipinski definition) is 2. The van der Waals surface area contributed by atoms with Crippen LogP contribution in [0.3, 0.4) is 0 Å². The molecule has 32 heavy (non-hydrogen) atoms. The number of amides is 1. The molecule has 3 heterocycles. The van der Waals surface area contributed by atoms with Gasteiger partial charge in [0.05, 0.1) is 24.4 Å². The molecule has 174 valence electrons. The first-order chi connectivity index (χ1) is 15.4. The van der Waals surface area contributed by atoms with E-state index in [-0.39, 0.29) is 41.1 Å². The zero-order chi connectivity index (χ0) is 23.3. The van der Waals surface area contributed by atoms with Crippen molar-refractivity contribution in [3.63, 3.8) is 0 Å². The number of aromatic nitrogens is 3. The fraction of sp³-hybridized carbons (Fsp3) is 0.550. The summed E-state index contributed by atoms with van der Waals surface area (Å²) in [6.45, 7) is 7.17. The fourth-order valence-corrected chi connectivity index (χ4v) is 4.71. The summed E-state index contributed by atoms with van der Waals surface area (Å²) in [5.41, 5.74) is 0.772. The Morgan fingerprint density at radius 2 is 2.09 bits per heavy atom. The summed E-state index contributed by atoms with van der Waals surface area (Å²) in [7, 11) is 0. The normalized spacial score (nSPS) is 18.4. The van der Waals surface area contributed by atoms with Gasteiger partial charge in [0.1, 0.15) is 10.6 Å². The molecular formula is C20H26ClN5O5S. The van der Waals surface area contributed by atoms with Crippen molar-refractivity contribution in [1.82, 2.24) is 20.3 Å². The second-order valence-corrected chi connectivity index (χ2v) is 8.40. The lowest BCUT2D eigenvalue weighted by Crippen LogP contribution is -2.55. The van der Waals surface area contributed by atoms with Crippen molar-refractivity contribution in [2.45, 2.75) is 45.8 Å². The number of aldehydes is 1. The van der Waals surface area contributed by atoms with Gasteiger partial charge in [0, 0.05) is 19.7 Å². The Kier molecular flexibility index (Phi) is 8.21. The lowest BCUT2D eigenvalue weighted by Gasteiger charge is -2.38. The predicted octanol–water partition coefficient (Wildman–Crippen LogP) is 2.49. The molecule has 2 aromatic heterocycles. The van der Waals surface area contributed by atoms with E-state index in [1.807, 2.05) is 18.7 Å². The van der Waals surface area contributed by atoms with Crippen molar-refractivity contribution < 1.29 is 23.9 Å². The van der Waals surface area contributed by atoms with Crippen LogP contribution >= 0.6 is 22.9 Å². The zero-order valence-corrected chi connectivity index (χ0v) is 19.7. The van der Waals surface area contributed by atoms with Gasteiger partial charge < -0.3 is 24.7 Å². The van der Waals surface area contributed by atoms with E-state index < -0.39 is 5.97 Å². The van der Waals surface area contributed by atoms with Crippen LogP contribution in [0.5, 0.6) is 0 Å². The highest BCUT2D eigenvalue weighted by Gasteiger charge is 2.34. The standard InChI is InChI=1S/C20H26ClN5O5S/c1-4-11-16(21)25-17(22-11)18(28)23-12-7-8-26(9-14(12)30-5-2)20-24-13(10-27)15(32-20)19(29)31-6-3/h10,12,14H,4-9H2,1-3H3,(H,22,25)(H,23,28). The number of carbonyl (C=O) groups excluding carboxylic acids is 3. The minimum atomic E-state index is -0.564. The highest BCUT2D eigenvalue weighted by Crippen LogP contribution is 2.29. The first-order valence-corrected chi connectivity index (χ1v) is 11.7. The van der Waals surface area contributed by atoms with Crippen LogP contribution in [-0.4, -0.2) is 71.6 Å². The van der Waals surface area contributed by atoms with E-state index in [0.29, 0.717) is 54.8 Å². The van der Waals surface area contributed by atoms with E-state index in [0.717, 1.165) is 11.3 Å². The molecule has 2 N–H and O–H groups in total. The average molecular weight is 484 g/mol. The Morgan fingerprint density at radius 1 is 1.31 bits per heavy atom. The molecule has 0 radical (unpaired) electrons. The minimum Gasteiger partial charge on any atom is -0.462 e. The molecule has 2 unspecified atom stereocenters. The number of aromatic amines is 1. The number of H-pyrrole nitrogens is 1. The Bertz CT molecular complexity index is 978. The molecule has 10 nitrogen and oxygen atoms in total. The molecule has 1 saturated heterocycles. The van der Waals surface area contributed by atoms with Crippen molar-refractivity contribution in [3.8, 4) is 0 Å². The van der Waals surface area contributed by atoms with E-state index in [1.165, 1.54) is 0 Å². The predicted molar refractivity (Wildman–Crippen MR) is 120 cm³/mol. The molecule has 1 aliphatic rings. The molecule has 2 atom stereocenters. The highest BCUT2D eigenvalue weighted by molar-refractivity contribution is 7.17. The number of thiazole rings is 1. The summed E-state index contributed by atoms with van der Waals surface area (Å²) < 4.78 is 10.9. The van der Waals surface area contributed by atoms with Crippen LogP contribution in [0.1, 0.15) is 63.7 Å². The second-order valence-electron chi connectivity index (χ2n) is 7.07. The Labute approximate surface area is 194 Å². The van der Waals surface area contributed by atoms with Crippen LogP contribution in [-0.2, 0) is 15.9 Å². The van der Waals surface area contributed by atoms with Crippen LogP contribution in [0.2, 0.25) is 5.15 Å². The average Bonchev–Trinajstić information content (AvgIpc) is 3.38. The van der Waals surface area contributed by atoms with Crippen LogP contribution < -0.4 is 10.2 Å². The summed E-state index contributed by atoms with van der Waals surface area (Å²) in [4.78, 5) is 49.7. The zero-order valence-electron chi connectivity index (χ0n) is 18.1. The van der Waals surface area contributed by atoms with Crippen LogP contribution in [0.25, 0.3) is 0 Å². The molecule has 1 aliphatic heterocycles. The quantitative estimate of drug-likeness (QED) is 0.411. The number of aryl methyl sites for hydroxylation is 1. The van der Waals surface area contributed by atoms with E-state index in [4.69, 9.17) is 21.1 Å². The van der Waals surface area contributed by atoms with Gasteiger partial charge in [-0.25, -0.2) is 14.8 Å². The highest BCUT2D eigenvalue weighted by atomic mass is 35.5. The number of rotatable bonds is 9. The summed E-state index contributed by atoms with van der Waals surface area (Å²) in [6, 6.07) is -0.248. The molecule has 1 amide bonds. The van der Waals surface area contributed by atoms with E-state index in [2.05, 4.69) is 20.3 Å². The maximum absolute atomic E-state index is 12.7. The smallest absolute Gasteiger partial charge is 0.350 e. The van der Waals surface area contributed by atoms with Crippen molar-refractivity contribution in [2.75, 3.05) is 31.2 Å². The van der Waals surface area contributed by atoms with E-state index in [9.17, 15) is 14.4 Å². The number of nitrogens with zero attached hydrogens (tertiary/aromatic N) is 3. The Balaban J connectivity index is 1.72.